The number of fused-ring (bicyclic) bond motifs is 1. The van der Waals surface area contributed by atoms with E-state index in [2.05, 4.69) is 20.8 Å². The molecule has 0 N–H and O–H groups in total. The molecule has 0 fully saturated rings. The van der Waals surface area contributed by atoms with Gasteiger partial charge in [-0.25, -0.2) is 0 Å². The van der Waals surface area contributed by atoms with Crippen molar-refractivity contribution in [2.45, 2.75) is 59.5 Å². The zero-order valence-corrected chi connectivity index (χ0v) is 22.9. The molecule has 0 spiro atoms. The van der Waals surface area contributed by atoms with Crippen LogP contribution >= 0.6 is 23.2 Å². The van der Waals surface area contributed by atoms with Gasteiger partial charge in [-0.3, -0.25) is 14.5 Å². The molecule has 0 saturated carbocycles. The van der Waals surface area contributed by atoms with Crippen LogP contribution in [0.2, 0.25) is 10.0 Å². The molecule has 1 heterocycles. The molecule has 6 nitrogen and oxygen atoms in total. The van der Waals surface area contributed by atoms with Gasteiger partial charge < -0.3 is 14.4 Å². The van der Waals surface area contributed by atoms with Crippen LogP contribution in [0.25, 0.3) is 0 Å². The first-order chi connectivity index (χ1) is 16.2. The SMILES string of the molecule is CN(CC(=O)OC(C)(C)C)[C@@H]1O[C@@H](c2ccccc2Cl)c2cc(Cl)ccc2N(CC(C)(C)C)C1=O. The molecule has 190 valence electrons. The molecule has 0 radical (unpaired) electrons. The average molecular weight is 521 g/mol. The number of anilines is 1. The van der Waals surface area contributed by atoms with E-state index in [1.54, 1.807) is 49.8 Å². The molecule has 0 aromatic heterocycles. The highest BCUT2D eigenvalue weighted by Crippen LogP contribution is 2.42. The molecular weight excluding hydrogens is 487 g/mol. The molecule has 1 aliphatic heterocycles. The summed E-state index contributed by atoms with van der Waals surface area (Å²) in [6, 6.07) is 12.8. The lowest BCUT2D eigenvalue weighted by molar-refractivity contribution is -0.163. The number of carbonyl (C=O) groups excluding carboxylic acids is 2. The topological polar surface area (TPSA) is 59.1 Å². The van der Waals surface area contributed by atoms with Crippen molar-refractivity contribution in [3.63, 3.8) is 0 Å². The van der Waals surface area contributed by atoms with Gasteiger partial charge in [0.2, 0.25) is 0 Å². The maximum atomic E-state index is 14.0. The molecule has 0 unspecified atom stereocenters. The molecular formula is C27H34Cl2N2O4. The summed E-state index contributed by atoms with van der Waals surface area (Å²) in [5.41, 5.74) is 1.30. The summed E-state index contributed by atoms with van der Waals surface area (Å²) in [4.78, 5) is 29.9. The van der Waals surface area contributed by atoms with E-state index in [0.717, 1.165) is 5.56 Å². The van der Waals surface area contributed by atoms with Crippen molar-refractivity contribution in [1.29, 1.82) is 0 Å². The van der Waals surface area contributed by atoms with Gasteiger partial charge in [-0.1, -0.05) is 62.2 Å². The molecule has 2 aromatic rings. The van der Waals surface area contributed by atoms with E-state index in [0.29, 0.717) is 27.8 Å². The maximum Gasteiger partial charge on any atom is 0.320 e. The molecule has 0 aliphatic carbocycles. The number of carbonyl (C=O) groups is 2. The molecule has 0 saturated heterocycles. The van der Waals surface area contributed by atoms with E-state index in [1.165, 1.54) is 0 Å². The average Bonchev–Trinajstić information content (AvgIpc) is 2.81. The van der Waals surface area contributed by atoms with Gasteiger partial charge in [0.15, 0.2) is 6.23 Å². The van der Waals surface area contributed by atoms with Crippen LogP contribution in [0.3, 0.4) is 0 Å². The van der Waals surface area contributed by atoms with Crippen LogP contribution in [0.15, 0.2) is 42.5 Å². The smallest absolute Gasteiger partial charge is 0.320 e. The Hall–Kier alpha value is -2.12. The predicted octanol–water partition coefficient (Wildman–Crippen LogP) is 6.09. The second kappa shape index (κ2) is 10.5. The molecule has 2 aromatic carbocycles. The fraction of sp³-hybridized carbons (Fsp3) is 0.481. The van der Waals surface area contributed by atoms with Crippen molar-refractivity contribution in [2.24, 2.45) is 5.41 Å². The van der Waals surface area contributed by atoms with E-state index in [-0.39, 0.29) is 17.9 Å². The summed E-state index contributed by atoms with van der Waals surface area (Å²) in [7, 11) is 1.67. The number of amides is 1. The Morgan fingerprint density at radius 1 is 1.06 bits per heavy atom. The second-order valence-electron chi connectivity index (χ2n) is 11.1. The Morgan fingerprint density at radius 2 is 1.71 bits per heavy atom. The number of nitrogens with zero attached hydrogens (tertiary/aromatic N) is 2. The summed E-state index contributed by atoms with van der Waals surface area (Å²) in [6.07, 6.45) is -1.74. The first-order valence-corrected chi connectivity index (χ1v) is 12.3. The van der Waals surface area contributed by atoms with Gasteiger partial charge in [-0.15, -0.1) is 0 Å². The lowest BCUT2D eigenvalue weighted by atomic mass is 9.94. The maximum absolute atomic E-state index is 14.0. The number of benzene rings is 2. The zero-order valence-electron chi connectivity index (χ0n) is 21.4. The summed E-state index contributed by atoms with van der Waals surface area (Å²) in [6.45, 7) is 11.9. The monoisotopic (exact) mass is 520 g/mol. The summed E-state index contributed by atoms with van der Waals surface area (Å²) in [5.74, 6) is -0.720. The lowest BCUT2D eigenvalue weighted by Crippen LogP contribution is -2.51. The number of likely N-dealkylation sites (N-methyl/N-ethyl adjacent to an activating group) is 1. The minimum Gasteiger partial charge on any atom is -0.459 e. The zero-order chi connectivity index (χ0) is 26.1. The van der Waals surface area contributed by atoms with Crippen LogP contribution in [-0.2, 0) is 19.1 Å². The first kappa shape index (κ1) is 27.5. The Labute approximate surface area is 218 Å². The summed E-state index contributed by atoms with van der Waals surface area (Å²) >= 11 is 13.0. The first-order valence-electron chi connectivity index (χ1n) is 11.6. The third-order valence-corrected chi connectivity index (χ3v) is 5.90. The van der Waals surface area contributed by atoms with Crippen LogP contribution in [0.1, 0.15) is 58.8 Å². The van der Waals surface area contributed by atoms with Crippen LogP contribution in [0.4, 0.5) is 5.69 Å². The minimum absolute atomic E-state index is 0.122. The van der Waals surface area contributed by atoms with Gasteiger partial charge >= 0.3 is 5.97 Å². The number of esters is 1. The van der Waals surface area contributed by atoms with Crippen molar-refractivity contribution >= 4 is 40.8 Å². The summed E-state index contributed by atoms with van der Waals surface area (Å²) in [5, 5.41) is 1.03. The predicted molar refractivity (Wildman–Crippen MR) is 140 cm³/mol. The highest BCUT2D eigenvalue weighted by atomic mass is 35.5. The van der Waals surface area contributed by atoms with Crippen LogP contribution in [-0.4, -0.2) is 48.7 Å². The van der Waals surface area contributed by atoms with E-state index in [4.69, 9.17) is 32.7 Å². The standard InChI is InChI=1S/C27H34Cl2N2O4/c1-26(2,3)16-31-21-13-12-17(28)14-19(21)23(18-10-8-9-11-20(18)29)34-25(24(31)33)30(7)15-22(32)35-27(4,5)6/h8-14,23,25H,15-16H2,1-7H3/t23-,25+/m0/s1. The number of ether oxygens (including phenoxy) is 2. The van der Waals surface area contributed by atoms with Gasteiger partial charge in [0.05, 0.1) is 12.2 Å². The van der Waals surface area contributed by atoms with Crippen molar-refractivity contribution in [2.75, 3.05) is 25.0 Å². The molecule has 3 rings (SSSR count). The Bertz CT molecular complexity index is 1090. The Kier molecular flexibility index (Phi) is 8.22. The molecule has 1 amide bonds. The van der Waals surface area contributed by atoms with Crippen molar-refractivity contribution < 1.29 is 19.1 Å². The molecule has 2 atom stereocenters. The molecule has 35 heavy (non-hydrogen) atoms. The van der Waals surface area contributed by atoms with E-state index >= 15 is 0 Å². The van der Waals surface area contributed by atoms with Crippen LogP contribution in [0, 0.1) is 5.41 Å². The van der Waals surface area contributed by atoms with Crippen LogP contribution < -0.4 is 4.90 Å². The van der Waals surface area contributed by atoms with Crippen molar-refractivity contribution in [1.82, 2.24) is 4.90 Å². The Balaban J connectivity index is 2.12. The second-order valence-corrected chi connectivity index (χ2v) is 11.9. The van der Waals surface area contributed by atoms with Crippen molar-refractivity contribution in [3.05, 3.63) is 63.6 Å². The molecule has 8 heteroatoms. The van der Waals surface area contributed by atoms with E-state index in [9.17, 15) is 9.59 Å². The quantitative estimate of drug-likeness (QED) is 0.446. The van der Waals surface area contributed by atoms with Gasteiger partial charge in [-0.2, -0.15) is 0 Å². The third-order valence-electron chi connectivity index (χ3n) is 5.32. The summed E-state index contributed by atoms with van der Waals surface area (Å²) < 4.78 is 12.0. The number of hydrogen-bond acceptors (Lipinski definition) is 5. The van der Waals surface area contributed by atoms with Gasteiger partial charge in [-0.05, 0) is 57.5 Å². The number of rotatable bonds is 5. The van der Waals surface area contributed by atoms with Crippen molar-refractivity contribution in [3.8, 4) is 0 Å². The lowest BCUT2D eigenvalue weighted by Gasteiger charge is -2.34. The fourth-order valence-electron chi connectivity index (χ4n) is 4.01. The molecule has 1 aliphatic rings. The minimum atomic E-state index is -1.06. The number of hydrogen-bond donors (Lipinski definition) is 0. The third kappa shape index (κ3) is 6.98. The van der Waals surface area contributed by atoms with Crippen LogP contribution in [0.5, 0.6) is 0 Å². The highest BCUT2D eigenvalue weighted by Gasteiger charge is 2.41. The Morgan fingerprint density at radius 3 is 2.31 bits per heavy atom. The highest BCUT2D eigenvalue weighted by molar-refractivity contribution is 6.31. The van der Waals surface area contributed by atoms with E-state index in [1.807, 2.05) is 30.3 Å². The van der Waals surface area contributed by atoms with Gasteiger partial charge in [0.1, 0.15) is 11.7 Å². The number of halogens is 2. The largest absolute Gasteiger partial charge is 0.459 e. The van der Waals surface area contributed by atoms with E-state index < -0.39 is 23.9 Å². The normalized spacial score (nSPS) is 18.9. The molecule has 0 bridgehead atoms. The fourth-order valence-corrected chi connectivity index (χ4v) is 4.43. The van der Waals surface area contributed by atoms with Gasteiger partial charge in [0.25, 0.3) is 5.91 Å². The van der Waals surface area contributed by atoms with Gasteiger partial charge in [0, 0.05) is 27.7 Å².